The zero-order chi connectivity index (χ0) is 29.2. The van der Waals surface area contributed by atoms with Gasteiger partial charge in [-0.2, -0.15) is 15.0 Å². The van der Waals surface area contributed by atoms with Gasteiger partial charge in [-0.25, -0.2) is 0 Å². The maximum Gasteiger partial charge on any atom is 0.320 e. The molecule has 1 saturated heterocycles. The van der Waals surface area contributed by atoms with Crippen molar-refractivity contribution in [2.75, 3.05) is 46.7 Å². The number of aromatic nitrogens is 4. The van der Waals surface area contributed by atoms with Crippen molar-refractivity contribution >= 4 is 23.0 Å². The van der Waals surface area contributed by atoms with E-state index in [2.05, 4.69) is 51.3 Å². The Balaban J connectivity index is 1.31. The van der Waals surface area contributed by atoms with Crippen molar-refractivity contribution in [2.45, 2.75) is 71.0 Å². The minimum Gasteiger partial charge on any atom is -0.469 e. The largest absolute Gasteiger partial charge is 0.469 e. The number of ether oxygens (including phenoxy) is 3. The molecule has 41 heavy (non-hydrogen) atoms. The molecular weight excluding hydrogens is 522 g/mol. The number of carbonyl (C=O) groups is 1. The lowest BCUT2D eigenvalue weighted by molar-refractivity contribution is -0.139. The van der Waals surface area contributed by atoms with E-state index in [1.54, 1.807) is 7.11 Å². The van der Waals surface area contributed by atoms with Crippen LogP contribution in [0.4, 0.5) is 5.82 Å². The van der Waals surface area contributed by atoms with E-state index in [0.717, 1.165) is 70.3 Å². The van der Waals surface area contributed by atoms with Gasteiger partial charge < -0.3 is 30.2 Å². The number of hydrogen-bond acceptors (Lipinski definition) is 10. The molecule has 2 aromatic heterocycles. The minimum absolute atomic E-state index is 0.216. The number of hydrogen-bond donors (Lipinski definition) is 2. The first-order valence-electron chi connectivity index (χ1n) is 14.7. The standard InChI is InChI=1S/C30H45N7O4/c1-5-6-15-41-29-34-27(31)26-28(35-29)37(30(33-26)40-4)20-23-12-13-32-24(17-23)11-8-14-36(2)19-22-10-7-9-21(16-22)18-25(38)39-3/h7,9-10,16,23-24,32H,5-6,8,11-15,17-20H2,1-4H3,(H2,31,34,35). The van der Waals surface area contributed by atoms with E-state index in [4.69, 9.17) is 19.9 Å². The molecule has 0 radical (unpaired) electrons. The van der Waals surface area contributed by atoms with Gasteiger partial charge in [-0.15, -0.1) is 0 Å². The highest BCUT2D eigenvalue weighted by Gasteiger charge is 2.25. The Morgan fingerprint density at radius 2 is 2.02 bits per heavy atom. The summed E-state index contributed by atoms with van der Waals surface area (Å²) in [6, 6.07) is 9.42. The molecule has 0 spiro atoms. The maximum atomic E-state index is 11.6. The number of nitrogens with one attached hydrogen (secondary N) is 1. The molecule has 3 N–H and O–H groups in total. The van der Waals surface area contributed by atoms with Crippen LogP contribution in [-0.4, -0.2) is 77.4 Å². The molecule has 0 bridgehead atoms. The quantitative estimate of drug-likeness (QED) is 0.208. The van der Waals surface area contributed by atoms with Gasteiger partial charge in [0.05, 0.1) is 27.2 Å². The molecule has 224 valence electrons. The fraction of sp³-hybridized carbons (Fsp3) is 0.600. The molecule has 11 nitrogen and oxygen atoms in total. The van der Waals surface area contributed by atoms with Crippen LogP contribution in [0.5, 0.6) is 12.0 Å². The number of unbranched alkanes of at least 4 members (excludes halogenated alkanes) is 1. The third-order valence-corrected chi connectivity index (χ3v) is 7.63. The number of benzene rings is 1. The van der Waals surface area contributed by atoms with Gasteiger partial charge in [0.1, 0.15) is 0 Å². The first-order valence-corrected chi connectivity index (χ1v) is 14.7. The molecule has 11 heteroatoms. The molecule has 1 aliphatic rings. The Labute approximate surface area is 242 Å². The molecule has 0 aliphatic carbocycles. The summed E-state index contributed by atoms with van der Waals surface area (Å²) in [7, 11) is 5.19. The fourth-order valence-corrected chi connectivity index (χ4v) is 5.49. The number of methoxy groups -OCH3 is 2. The van der Waals surface area contributed by atoms with E-state index in [0.29, 0.717) is 48.0 Å². The second-order valence-corrected chi connectivity index (χ2v) is 11.0. The number of imidazole rings is 1. The summed E-state index contributed by atoms with van der Waals surface area (Å²) in [5, 5.41) is 3.71. The lowest BCUT2D eigenvalue weighted by Gasteiger charge is -2.31. The van der Waals surface area contributed by atoms with Crippen molar-refractivity contribution in [1.82, 2.24) is 29.7 Å². The fourth-order valence-electron chi connectivity index (χ4n) is 5.49. The SMILES string of the molecule is CCCCOc1nc(N)c2nc(OC)n(CC3CCNC(CCCN(C)Cc4cccc(CC(=O)OC)c4)C3)c2n1. The van der Waals surface area contributed by atoms with Gasteiger partial charge in [-0.1, -0.05) is 37.6 Å². The van der Waals surface area contributed by atoms with Gasteiger partial charge in [0.25, 0.3) is 6.01 Å². The molecule has 1 fully saturated rings. The van der Waals surface area contributed by atoms with Crippen molar-refractivity contribution in [3.05, 3.63) is 35.4 Å². The van der Waals surface area contributed by atoms with Gasteiger partial charge in [-0.05, 0) is 69.3 Å². The van der Waals surface area contributed by atoms with Crippen LogP contribution >= 0.6 is 0 Å². The first-order chi connectivity index (χ1) is 19.9. The van der Waals surface area contributed by atoms with Crippen molar-refractivity contribution in [1.29, 1.82) is 0 Å². The number of esters is 1. The normalized spacial score (nSPS) is 17.2. The third kappa shape index (κ3) is 8.53. The van der Waals surface area contributed by atoms with Crippen molar-refractivity contribution in [3.63, 3.8) is 0 Å². The predicted molar refractivity (Wildman–Crippen MR) is 159 cm³/mol. The summed E-state index contributed by atoms with van der Waals surface area (Å²) in [4.78, 5) is 27.5. The summed E-state index contributed by atoms with van der Waals surface area (Å²) in [6.07, 6.45) is 6.61. The molecule has 1 aliphatic heterocycles. The predicted octanol–water partition coefficient (Wildman–Crippen LogP) is 3.59. The molecule has 1 aromatic carbocycles. The highest BCUT2D eigenvalue weighted by atomic mass is 16.5. The Kier molecular flexibility index (Phi) is 11.1. The van der Waals surface area contributed by atoms with E-state index in [-0.39, 0.29) is 12.0 Å². The highest BCUT2D eigenvalue weighted by Crippen LogP contribution is 2.29. The highest BCUT2D eigenvalue weighted by molar-refractivity contribution is 5.83. The van der Waals surface area contributed by atoms with Crippen LogP contribution < -0.4 is 20.5 Å². The number of anilines is 1. The van der Waals surface area contributed by atoms with Crippen LogP contribution in [0.1, 0.15) is 56.6 Å². The second-order valence-electron chi connectivity index (χ2n) is 11.0. The van der Waals surface area contributed by atoms with Crippen molar-refractivity contribution in [3.8, 4) is 12.0 Å². The van der Waals surface area contributed by atoms with Crippen LogP contribution in [0.2, 0.25) is 0 Å². The van der Waals surface area contributed by atoms with E-state index in [1.807, 2.05) is 16.7 Å². The number of carbonyl (C=O) groups excluding carboxylic acids is 1. The smallest absolute Gasteiger partial charge is 0.320 e. The van der Waals surface area contributed by atoms with Gasteiger partial charge >= 0.3 is 12.0 Å². The number of fused-ring (bicyclic) bond motifs is 1. The average Bonchev–Trinajstić information content (AvgIpc) is 3.31. The first kappa shape index (κ1) is 30.5. The molecular formula is C30H45N7O4. The van der Waals surface area contributed by atoms with Crippen LogP contribution in [0.25, 0.3) is 11.2 Å². The molecule has 0 amide bonds. The van der Waals surface area contributed by atoms with Crippen LogP contribution in [0, 0.1) is 5.92 Å². The maximum absolute atomic E-state index is 11.6. The Bertz CT molecular complexity index is 1280. The van der Waals surface area contributed by atoms with E-state index in [1.165, 1.54) is 12.7 Å². The van der Waals surface area contributed by atoms with Gasteiger partial charge in [-0.3, -0.25) is 9.36 Å². The molecule has 2 atom stereocenters. The van der Waals surface area contributed by atoms with Crippen LogP contribution in [0.3, 0.4) is 0 Å². The zero-order valence-electron chi connectivity index (χ0n) is 24.9. The summed E-state index contributed by atoms with van der Waals surface area (Å²) in [6.45, 7) is 6.25. The van der Waals surface area contributed by atoms with Gasteiger partial charge in [0.15, 0.2) is 17.0 Å². The Morgan fingerprint density at radius 1 is 1.20 bits per heavy atom. The third-order valence-electron chi connectivity index (χ3n) is 7.63. The lowest BCUT2D eigenvalue weighted by Crippen LogP contribution is -2.39. The number of nitrogen functional groups attached to an aromatic ring is 1. The van der Waals surface area contributed by atoms with Gasteiger partial charge in [0, 0.05) is 19.1 Å². The van der Waals surface area contributed by atoms with E-state index in [9.17, 15) is 4.79 Å². The number of nitrogens with zero attached hydrogens (tertiary/aromatic N) is 5. The minimum atomic E-state index is -0.216. The van der Waals surface area contributed by atoms with Gasteiger partial charge in [0.2, 0.25) is 0 Å². The summed E-state index contributed by atoms with van der Waals surface area (Å²) in [5.41, 5.74) is 9.62. The van der Waals surface area contributed by atoms with E-state index < -0.39 is 0 Å². The van der Waals surface area contributed by atoms with Crippen LogP contribution in [0.15, 0.2) is 24.3 Å². The monoisotopic (exact) mass is 567 g/mol. The molecule has 3 heterocycles. The molecule has 0 saturated carbocycles. The Morgan fingerprint density at radius 3 is 2.80 bits per heavy atom. The number of rotatable bonds is 15. The summed E-state index contributed by atoms with van der Waals surface area (Å²) >= 11 is 0. The van der Waals surface area contributed by atoms with Crippen LogP contribution in [-0.2, 0) is 29.0 Å². The Hall–Kier alpha value is -3.44. The number of piperidine rings is 1. The second kappa shape index (κ2) is 15.0. The summed E-state index contributed by atoms with van der Waals surface area (Å²) in [5.74, 6) is 0.552. The van der Waals surface area contributed by atoms with Crippen molar-refractivity contribution in [2.24, 2.45) is 5.92 Å². The topological polar surface area (TPSA) is 130 Å². The molecule has 2 unspecified atom stereocenters. The van der Waals surface area contributed by atoms with Crippen molar-refractivity contribution < 1.29 is 19.0 Å². The average molecular weight is 568 g/mol. The molecule has 3 aromatic rings. The number of nitrogens with two attached hydrogens (primary N) is 1. The molecule has 4 rings (SSSR count). The zero-order valence-corrected chi connectivity index (χ0v) is 24.9. The van der Waals surface area contributed by atoms with E-state index >= 15 is 0 Å². The summed E-state index contributed by atoms with van der Waals surface area (Å²) < 4.78 is 18.2. The lowest BCUT2D eigenvalue weighted by atomic mass is 9.90.